The first kappa shape index (κ1) is 17.8. The van der Waals surface area contributed by atoms with Crippen molar-refractivity contribution in [3.63, 3.8) is 0 Å². The smallest absolute Gasteiger partial charge is 0.223 e. The van der Waals surface area contributed by atoms with E-state index < -0.39 is 0 Å². The Hall–Kier alpha value is -3.61. The normalized spacial score (nSPS) is 10.8. The number of aromatic nitrogens is 4. The van der Waals surface area contributed by atoms with E-state index in [9.17, 15) is 0 Å². The fourth-order valence-electron chi connectivity index (χ4n) is 3.12. The SMILES string of the molecule is COc1ccc(CCNc2nccc(-c3c[nH]c4ncccc34)n2)cc1OC. The van der Waals surface area contributed by atoms with Crippen molar-refractivity contribution in [2.45, 2.75) is 6.42 Å². The highest BCUT2D eigenvalue weighted by Gasteiger charge is 2.09. The fourth-order valence-corrected chi connectivity index (χ4v) is 3.12. The number of pyridine rings is 1. The topological polar surface area (TPSA) is 85.0 Å². The second-order valence-electron chi connectivity index (χ2n) is 6.23. The molecule has 7 nitrogen and oxygen atoms in total. The van der Waals surface area contributed by atoms with E-state index >= 15 is 0 Å². The van der Waals surface area contributed by atoms with Gasteiger partial charge in [0.1, 0.15) is 5.65 Å². The second kappa shape index (κ2) is 7.96. The van der Waals surface area contributed by atoms with Crippen molar-refractivity contribution in [1.29, 1.82) is 0 Å². The molecule has 3 aromatic heterocycles. The Morgan fingerprint density at radius 1 is 1.00 bits per heavy atom. The van der Waals surface area contributed by atoms with Crippen LogP contribution in [0.15, 0.2) is 55.0 Å². The molecule has 0 aliphatic heterocycles. The van der Waals surface area contributed by atoms with Crippen LogP contribution >= 0.6 is 0 Å². The molecule has 4 rings (SSSR count). The lowest BCUT2D eigenvalue weighted by atomic mass is 10.1. The molecule has 0 spiro atoms. The maximum Gasteiger partial charge on any atom is 0.223 e. The van der Waals surface area contributed by atoms with Crippen molar-refractivity contribution < 1.29 is 9.47 Å². The highest BCUT2D eigenvalue weighted by atomic mass is 16.5. The van der Waals surface area contributed by atoms with Crippen LogP contribution in [0.1, 0.15) is 5.56 Å². The molecule has 0 saturated heterocycles. The quantitative estimate of drug-likeness (QED) is 0.512. The molecule has 0 atom stereocenters. The minimum Gasteiger partial charge on any atom is -0.493 e. The van der Waals surface area contributed by atoms with Gasteiger partial charge < -0.3 is 19.8 Å². The van der Waals surface area contributed by atoms with Crippen LogP contribution in [0, 0.1) is 0 Å². The van der Waals surface area contributed by atoms with Crippen molar-refractivity contribution >= 4 is 17.0 Å². The van der Waals surface area contributed by atoms with Crippen molar-refractivity contribution in [3.05, 3.63) is 60.6 Å². The molecule has 28 heavy (non-hydrogen) atoms. The lowest BCUT2D eigenvalue weighted by Crippen LogP contribution is -2.08. The molecule has 0 aliphatic carbocycles. The number of fused-ring (bicyclic) bond motifs is 1. The fraction of sp³-hybridized carbons (Fsp3) is 0.190. The van der Waals surface area contributed by atoms with Crippen LogP contribution in [-0.2, 0) is 6.42 Å². The van der Waals surface area contributed by atoms with Gasteiger partial charge in [0.05, 0.1) is 19.9 Å². The zero-order valence-corrected chi connectivity index (χ0v) is 15.8. The van der Waals surface area contributed by atoms with Gasteiger partial charge in [-0.1, -0.05) is 6.07 Å². The minimum absolute atomic E-state index is 0.594. The molecule has 0 bridgehead atoms. The molecule has 0 saturated carbocycles. The molecular weight excluding hydrogens is 354 g/mol. The van der Waals surface area contributed by atoms with Gasteiger partial charge in [0.15, 0.2) is 11.5 Å². The van der Waals surface area contributed by atoms with Gasteiger partial charge in [-0.25, -0.2) is 15.0 Å². The third kappa shape index (κ3) is 3.59. The Bertz CT molecular complexity index is 1090. The van der Waals surface area contributed by atoms with Gasteiger partial charge in [-0.05, 0) is 42.3 Å². The number of ether oxygens (including phenoxy) is 2. The van der Waals surface area contributed by atoms with Crippen molar-refractivity contribution in [3.8, 4) is 22.8 Å². The standard InChI is InChI=1S/C21H21N5O2/c1-27-18-6-5-14(12-19(18)28-2)7-10-23-21-24-11-8-17(26-21)16-13-25-20-15(16)4-3-9-22-20/h3-6,8-9,11-13H,7,10H2,1-2H3,(H,22,25)(H,23,24,26). The van der Waals surface area contributed by atoms with Crippen LogP contribution in [0.4, 0.5) is 5.95 Å². The molecule has 7 heteroatoms. The van der Waals surface area contributed by atoms with E-state index in [0.717, 1.165) is 45.8 Å². The Kier molecular flexibility index (Phi) is 5.05. The summed E-state index contributed by atoms with van der Waals surface area (Å²) in [7, 11) is 3.27. The molecular formula is C21H21N5O2. The number of hydrogen-bond acceptors (Lipinski definition) is 6. The van der Waals surface area contributed by atoms with E-state index in [0.29, 0.717) is 12.5 Å². The number of anilines is 1. The summed E-state index contributed by atoms with van der Waals surface area (Å²) in [5.41, 5.74) is 3.85. The van der Waals surface area contributed by atoms with Gasteiger partial charge in [-0.3, -0.25) is 0 Å². The van der Waals surface area contributed by atoms with Gasteiger partial charge in [0.2, 0.25) is 5.95 Å². The third-order valence-electron chi connectivity index (χ3n) is 4.53. The maximum atomic E-state index is 5.36. The summed E-state index contributed by atoms with van der Waals surface area (Å²) in [5, 5.41) is 4.33. The predicted octanol–water partition coefficient (Wildman–Crippen LogP) is 3.69. The lowest BCUT2D eigenvalue weighted by molar-refractivity contribution is 0.354. The molecule has 0 fully saturated rings. The largest absolute Gasteiger partial charge is 0.493 e. The molecule has 2 N–H and O–H groups in total. The number of aromatic amines is 1. The summed E-state index contributed by atoms with van der Waals surface area (Å²) < 4.78 is 10.6. The predicted molar refractivity (Wildman–Crippen MR) is 109 cm³/mol. The van der Waals surface area contributed by atoms with Gasteiger partial charge in [-0.2, -0.15) is 0 Å². The summed E-state index contributed by atoms with van der Waals surface area (Å²) in [5.74, 6) is 2.05. The van der Waals surface area contributed by atoms with Gasteiger partial charge in [0.25, 0.3) is 0 Å². The first-order chi connectivity index (χ1) is 13.8. The highest BCUT2D eigenvalue weighted by Crippen LogP contribution is 2.28. The summed E-state index contributed by atoms with van der Waals surface area (Å²) in [6.45, 7) is 0.703. The van der Waals surface area contributed by atoms with E-state index in [-0.39, 0.29) is 0 Å². The number of nitrogens with zero attached hydrogens (tertiary/aromatic N) is 3. The Balaban J connectivity index is 1.46. The van der Waals surface area contributed by atoms with E-state index in [1.165, 1.54) is 0 Å². The Morgan fingerprint density at radius 3 is 2.75 bits per heavy atom. The Labute approximate surface area is 162 Å². The summed E-state index contributed by atoms with van der Waals surface area (Å²) in [6.07, 6.45) is 6.26. The number of methoxy groups -OCH3 is 2. The van der Waals surface area contributed by atoms with Gasteiger partial charge >= 0.3 is 0 Å². The minimum atomic E-state index is 0.594. The summed E-state index contributed by atoms with van der Waals surface area (Å²) >= 11 is 0. The van der Waals surface area contributed by atoms with Crippen LogP contribution in [0.3, 0.4) is 0 Å². The zero-order chi connectivity index (χ0) is 19.3. The maximum absolute atomic E-state index is 5.36. The number of hydrogen-bond donors (Lipinski definition) is 2. The van der Waals surface area contributed by atoms with Gasteiger partial charge in [0, 0.05) is 36.1 Å². The molecule has 0 aliphatic rings. The number of nitrogens with one attached hydrogen (secondary N) is 2. The molecule has 1 aromatic carbocycles. The number of H-pyrrole nitrogens is 1. The van der Waals surface area contributed by atoms with Crippen LogP contribution < -0.4 is 14.8 Å². The van der Waals surface area contributed by atoms with Crippen molar-refractivity contribution in [2.24, 2.45) is 0 Å². The van der Waals surface area contributed by atoms with Crippen LogP contribution in [0.5, 0.6) is 11.5 Å². The zero-order valence-electron chi connectivity index (χ0n) is 15.8. The average molecular weight is 375 g/mol. The lowest BCUT2D eigenvalue weighted by Gasteiger charge is -2.10. The molecule has 142 valence electrons. The Morgan fingerprint density at radius 2 is 1.89 bits per heavy atom. The van der Waals surface area contributed by atoms with E-state index in [4.69, 9.17) is 9.47 Å². The van der Waals surface area contributed by atoms with E-state index in [1.807, 2.05) is 42.6 Å². The first-order valence-corrected chi connectivity index (χ1v) is 8.99. The third-order valence-corrected chi connectivity index (χ3v) is 4.53. The second-order valence-corrected chi connectivity index (χ2v) is 6.23. The molecule has 0 radical (unpaired) electrons. The van der Waals surface area contributed by atoms with Gasteiger partial charge in [-0.15, -0.1) is 0 Å². The van der Waals surface area contributed by atoms with E-state index in [1.54, 1.807) is 26.6 Å². The van der Waals surface area contributed by atoms with Crippen molar-refractivity contribution in [2.75, 3.05) is 26.1 Å². The first-order valence-electron chi connectivity index (χ1n) is 8.99. The van der Waals surface area contributed by atoms with E-state index in [2.05, 4.69) is 25.3 Å². The molecule has 0 unspecified atom stereocenters. The molecule has 0 amide bonds. The van der Waals surface area contributed by atoms with Crippen LogP contribution in [0.25, 0.3) is 22.3 Å². The summed E-state index contributed by atoms with van der Waals surface area (Å²) in [4.78, 5) is 16.5. The molecule has 3 heterocycles. The average Bonchev–Trinajstić information content (AvgIpc) is 3.18. The monoisotopic (exact) mass is 375 g/mol. The number of benzene rings is 1. The van der Waals surface area contributed by atoms with Crippen molar-refractivity contribution in [1.82, 2.24) is 19.9 Å². The summed E-state index contributed by atoms with van der Waals surface area (Å²) in [6, 6.07) is 11.8. The highest BCUT2D eigenvalue weighted by molar-refractivity contribution is 5.92. The number of rotatable bonds is 7. The molecule has 4 aromatic rings. The van der Waals surface area contributed by atoms with Crippen LogP contribution in [0.2, 0.25) is 0 Å². The van der Waals surface area contributed by atoms with Crippen LogP contribution in [-0.4, -0.2) is 40.7 Å².